The Kier molecular flexibility index (Phi) is 7.20. The third-order valence-corrected chi connectivity index (χ3v) is 6.81. The molecule has 4 rings (SSSR count). The summed E-state index contributed by atoms with van der Waals surface area (Å²) in [6.45, 7) is 6.84. The zero-order chi connectivity index (χ0) is 23.4. The number of carbonyl (C=O) groups excluding carboxylic acids is 2. The molecule has 2 atom stereocenters. The fraction of sp³-hybridized carbons (Fsp3) is 0.346. The number of carbonyl (C=O) groups is 2. The van der Waals surface area contributed by atoms with Crippen LogP contribution in [0.4, 0.5) is 5.69 Å². The van der Waals surface area contributed by atoms with Crippen LogP contribution in [0.5, 0.6) is 0 Å². The topological polar surface area (TPSA) is 71.5 Å². The van der Waals surface area contributed by atoms with Gasteiger partial charge in [0.15, 0.2) is 0 Å². The number of nitrogens with one attached hydrogen (secondary N) is 1. The number of ether oxygens (including phenoxy) is 1. The van der Waals surface area contributed by atoms with Crippen molar-refractivity contribution < 1.29 is 14.3 Å². The molecular formula is C26H29N3O3S. The van der Waals surface area contributed by atoms with Crippen LogP contribution >= 0.6 is 11.3 Å². The van der Waals surface area contributed by atoms with Crippen molar-refractivity contribution in [3.8, 4) is 0 Å². The molecule has 1 aromatic heterocycles. The standard InChI is InChI=1S/C26H29N3O3S/c1-17-9-7-12-21(15-17)29(26(31)24-18(2)28-19(3)33-24)23(20-10-5-4-6-11-20)25(30)27-16-22-13-8-14-32-22/h4-7,9-12,15,22-23H,8,13-14,16H2,1-3H3,(H,27,30)/t22-,23-/m0/s1. The van der Waals surface area contributed by atoms with Crippen LogP contribution in [-0.4, -0.2) is 36.1 Å². The average molecular weight is 464 g/mol. The van der Waals surface area contributed by atoms with E-state index in [1.807, 2.05) is 75.4 Å². The molecule has 0 radical (unpaired) electrons. The fourth-order valence-electron chi connectivity index (χ4n) is 4.17. The highest BCUT2D eigenvalue weighted by Crippen LogP contribution is 2.32. The first kappa shape index (κ1) is 23.1. The van der Waals surface area contributed by atoms with Crippen LogP contribution in [0.3, 0.4) is 0 Å². The van der Waals surface area contributed by atoms with Gasteiger partial charge in [-0.3, -0.25) is 14.5 Å². The molecule has 3 aromatic rings. The van der Waals surface area contributed by atoms with E-state index in [4.69, 9.17) is 4.74 Å². The molecule has 33 heavy (non-hydrogen) atoms. The molecule has 172 valence electrons. The van der Waals surface area contributed by atoms with Crippen molar-refractivity contribution in [3.05, 3.63) is 81.3 Å². The first-order chi connectivity index (χ1) is 15.9. The lowest BCUT2D eigenvalue weighted by Gasteiger charge is -2.32. The predicted octanol–water partition coefficient (Wildman–Crippen LogP) is 4.75. The zero-order valence-corrected chi connectivity index (χ0v) is 20.0. The molecule has 1 N–H and O–H groups in total. The summed E-state index contributed by atoms with van der Waals surface area (Å²) in [5.74, 6) is -0.463. The van der Waals surface area contributed by atoms with E-state index < -0.39 is 6.04 Å². The Balaban J connectivity index is 1.77. The fourth-order valence-corrected chi connectivity index (χ4v) is 5.03. The molecule has 0 aliphatic carbocycles. The van der Waals surface area contributed by atoms with Gasteiger partial charge in [0.2, 0.25) is 5.91 Å². The van der Waals surface area contributed by atoms with Crippen molar-refractivity contribution in [2.24, 2.45) is 0 Å². The molecule has 7 heteroatoms. The highest BCUT2D eigenvalue weighted by molar-refractivity contribution is 7.13. The van der Waals surface area contributed by atoms with Gasteiger partial charge in [-0.25, -0.2) is 4.98 Å². The molecular weight excluding hydrogens is 434 g/mol. The van der Waals surface area contributed by atoms with Crippen LogP contribution in [0.25, 0.3) is 0 Å². The number of aromatic nitrogens is 1. The first-order valence-electron chi connectivity index (χ1n) is 11.2. The minimum atomic E-state index is -0.830. The molecule has 2 amide bonds. The number of aryl methyl sites for hydroxylation is 3. The second kappa shape index (κ2) is 10.3. The normalized spacial score (nSPS) is 16.4. The summed E-state index contributed by atoms with van der Waals surface area (Å²) in [6, 6.07) is 16.3. The SMILES string of the molecule is Cc1cccc(N(C(=O)c2sc(C)nc2C)[C@H](C(=O)NC[C@@H]2CCCO2)c2ccccc2)c1. The van der Waals surface area contributed by atoms with Gasteiger partial charge in [-0.15, -0.1) is 11.3 Å². The second-order valence-corrected chi connectivity index (χ2v) is 9.56. The molecule has 0 bridgehead atoms. The number of amides is 2. The van der Waals surface area contributed by atoms with Gasteiger partial charge in [-0.05, 0) is 56.9 Å². The third kappa shape index (κ3) is 5.31. The largest absolute Gasteiger partial charge is 0.376 e. The van der Waals surface area contributed by atoms with Gasteiger partial charge in [0, 0.05) is 18.8 Å². The summed E-state index contributed by atoms with van der Waals surface area (Å²) in [5.41, 5.74) is 3.10. The van der Waals surface area contributed by atoms with Crippen molar-refractivity contribution in [3.63, 3.8) is 0 Å². The summed E-state index contributed by atoms with van der Waals surface area (Å²) in [4.78, 5) is 34.2. The lowest BCUT2D eigenvalue weighted by atomic mass is 10.0. The zero-order valence-electron chi connectivity index (χ0n) is 19.2. The lowest BCUT2D eigenvalue weighted by Crippen LogP contribution is -2.45. The summed E-state index contributed by atoms with van der Waals surface area (Å²) in [7, 11) is 0. The van der Waals surface area contributed by atoms with Crippen LogP contribution in [0.2, 0.25) is 0 Å². The van der Waals surface area contributed by atoms with Crippen LogP contribution < -0.4 is 10.2 Å². The summed E-state index contributed by atoms with van der Waals surface area (Å²) >= 11 is 1.35. The highest BCUT2D eigenvalue weighted by Gasteiger charge is 2.35. The summed E-state index contributed by atoms with van der Waals surface area (Å²) < 4.78 is 5.68. The minimum Gasteiger partial charge on any atom is -0.376 e. The summed E-state index contributed by atoms with van der Waals surface area (Å²) in [6.07, 6.45) is 1.94. The van der Waals surface area contributed by atoms with E-state index in [0.717, 1.165) is 35.6 Å². The number of hydrogen-bond acceptors (Lipinski definition) is 5. The monoisotopic (exact) mass is 463 g/mol. The van der Waals surface area contributed by atoms with Gasteiger partial charge in [0.1, 0.15) is 10.9 Å². The molecule has 0 unspecified atom stereocenters. The maximum absolute atomic E-state index is 14.0. The first-order valence-corrected chi connectivity index (χ1v) is 12.0. The van der Waals surface area contributed by atoms with Crippen molar-refractivity contribution in [1.82, 2.24) is 10.3 Å². The predicted molar refractivity (Wildman–Crippen MR) is 131 cm³/mol. The molecule has 1 saturated heterocycles. The molecule has 2 aromatic carbocycles. The van der Waals surface area contributed by atoms with Crippen molar-refractivity contribution in [1.29, 1.82) is 0 Å². The summed E-state index contributed by atoms with van der Waals surface area (Å²) in [5, 5.41) is 3.86. The number of nitrogens with zero attached hydrogens (tertiary/aromatic N) is 2. The third-order valence-electron chi connectivity index (χ3n) is 5.75. The van der Waals surface area contributed by atoms with E-state index in [0.29, 0.717) is 22.8 Å². The number of benzene rings is 2. The van der Waals surface area contributed by atoms with Crippen LogP contribution in [0.15, 0.2) is 54.6 Å². The van der Waals surface area contributed by atoms with Crippen molar-refractivity contribution in [2.75, 3.05) is 18.1 Å². The van der Waals surface area contributed by atoms with Gasteiger partial charge in [-0.2, -0.15) is 0 Å². The number of rotatable bonds is 7. The molecule has 1 fully saturated rings. The number of anilines is 1. The van der Waals surface area contributed by atoms with E-state index in [-0.39, 0.29) is 17.9 Å². The molecule has 6 nitrogen and oxygen atoms in total. The maximum atomic E-state index is 14.0. The minimum absolute atomic E-state index is 0.0138. The molecule has 0 spiro atoms. The Bertz CT molecular complexity index is 1120. The average Bonchev–Trinajstić information content (AvgIpc) is 3.45. The number of thiazole rings is 1. The molecule has 0 saturated carbocycles. The number of hydrogen-bond donors (Lipinski definition) is 1. The van der Waals surface area contributed by atoms with Gasteiger partial charge >= 0.3 is 0 Å². The van der Waals surface area contributed by atoms with Crippen LogP contribution in [-0.2, 0) is 9.53 Å². The Hall–Kier alpha value is -3.03. The van der Waals surface area contributed by atoms with Crippen molar-refractivity contribution in [2.45, 2.75) is 45.8 Å². The van der Waals surface area contributed by atoms with Gasteiger partial charge in [0.05, 0.1) is 16.8 Å². The van der Waals surface area contributed by atoms with E-state index in [1.54, 1.807) is 4.90 Å². The quantitative estimate of drug-likeness (QED) is 0.549. The Morgan fingerprint density at radius 3 is 2.58 bits per heavy atom. The van der Waals surface area contributed by atoms with Gasteiger partial charge < -0.3 is 10.1 Å². The second-order valence-electron chi connectivity index (χ2n) is 8.35. The van der Waals surface area contributed by atoms with E-state index in [9.17, 15) is 9.59 Å². The lowest BCUT2D eigenvalue weighted by molar-refractivity contribution is -0.123. The molecule has 1 aliphatic heterocycles. The Morgan fingerprint density at radius 1 is 1.15 bits per heavy atom. The van der Waals surface area contributed by atoms with E-state index >= 15 is 0 Å². The molecule has 2 heterocycles. The Labute approximate surface area is 198 Å². The van der Waals surface area contributed by atoms with E-state index in [2.05, 4.69) is 10.3 Å². The smallest absolute Gasteiger partial charge is 0.271 e. The Morgan fingerprint density at radius 2 is 1.94 bits per heavy atom. The highest BCUT2D eigenvalue weighted by atomic mass is 32.1. The van der Waals surface area contributed by atoms with Gasteiger partial charge in [-0.1, -0.05) is 42.5 Å². The van der Waals surface area contributed by atoms with Crippen LogP contribution in [0, 0.1) is 20.8 Å². The maximum Gasteiger partial charge on any atom is 0.271 e. The van der Waals surface area contributed by atoms with Gasteiger partial charge in [0.25, 0.3) is 5.91 Å². The van der Waals surface area contributed by atoms with E-state index in [1.165, 1.54) is 11.3 Å². The van der Waals surface area contributed by atoms with Crippen molar-refractivity contribution >= 4 is 28.8 Å². The molecule has 1 aliphatic rings. The van der Waals surface area contributed by atoms with Crippen LogP contribution in [0.1, 0.15) is 50.4 Å².